The van der Waals surface area contributed by atoms with Gasteiger partial charge in [-0.15, -0.1) is 0 Å². The molecule has 0 saturated carbocycles. The summed E-state index contributed by atoms with van der Waals surface area (Å²) < 4.78 is 5.31. The maximum absolute atomic E-state index is 11.0. The van der Waals surface area contributed by atoms with Gasteiger partial charge in [-0.1, -0.05) is 53.7 Å². The molecule has 112 valence electrons. The zero-order chi connectivity index (χ0) is 15.8. The molecule has 0 N–H and O–H groups in total. The summed E-state index contributed by atoms with van der Waals surface area (Å²) in [5.74, 6) is 0.303. The molecule has 4 heteroatoms. The molecule has 0 bridgehead atoms. The summed E-state index contributed by atoms with van der Waals surface area (Å²) in [6.07, 6.45) is 3.66. The highest BCUT2D eigenvalue weighted by Gasteiger charge is 2.03. The van der Waals surface area contributed by atoms with Crippen LogP contribution in [0.1, 0.15) is 18.1 Å². The number of allylic oxidation sites excluding steroid dienone is 1. The molecular weight excluding hydrogens is 278 g/mol. The fraction of sp³-hybridized carbons (Fsp3) is 0.111. The van der Waals surface area contributed by atoms with E-state index in [1.54, 1.807) is 13.2 Å². The Balaban J connectivity index is 2.32. The summed E-state index contributed by atoms with van der Waals surface area (Å²) in [6.45, 7) is 1.32. The fourth-order valence-electron chi connectivity index (χ4n) is 1.87. The molecule has 0 heterocycles. The molecule has 0 aromatic heterocycles. The van der Waals surface area contributed by atoms with Crippen LogP contribution in [0.15, 0.2) is 65.8 Å². The van der Waals surface area contributed by atoms with Gasteiger partial charge in [0.15, 0.2) is 0 Å². The SMILES string of the molecule is COc1ccccc1/C=C/C(=N\OC(C)=O)c1ccccc1. The second-order valence-electron chi connectivity index (χ2n) is 4.50. The normalized spacial score (nSPS) is 11.5. The van der Waals surface area contributed by atoms with Crippen LogP contribution in [-0.4, -0.2) is 18.8 Å². The standard InChI is InChI=1S/C18H17NO3/c1-14(20)22-19-17(15-8-4-3-5-9-15)13-12-16-10-6-7-11-18(16)21-2/h3-13H,1-2H3/b13-12+,19-17+. The van der Waals surface area contributed by atoms with E-state index in [1.165, 1.54) is 6.92 Å². The largest absolute Gasteiger partial charge is 0.496 e. The first-order chi connectivity index (χ1) is 10.7. The summed E-state index contributed by atoms with van der Waals surface area (Å²) in [6, 6.07) is 17.1. The van der Waals surface area contributed by atoms with Gasteiger partial charge in [0.1, 0.15) is 11.5 Å². The number of carbonyl (C=O) groups excluding carboxylic acids is 1. The lowest BCUT2D eigenvalue weighted by Crippen LogP contribution is -2.01. The van der Waals surface area contributed by atoms with Crippen LogP contribution in [0.2, 0.25) is 0 Å². The van der Waals surface area contributed by atoms with Crippen molar-refractivity contribution in [1.82, 2.24) is 0 Å². The van der Waals surface area contributed by atoms with E-state index in [2.05, 4.69) is 5.16 Å². The van der Waals surface area contributed by atoms with Gasteiger partial charge in [-0.05, 0) is 18.2 Å². The van der Waals surface area contributed by atoms with Crippen molar-refractivity contribution >= 4 is 17.8 Å². The van der Waals surface area contributed by atoms with Crippen LogP contribution in [0.4, 0.5) is 0 Å². The van der Waals surface area contributed by atoms with Gasteiger partial charge in [-0.2, -0.15) is 0 Å². The van der Waals surface area contributed by atoms with E-state index in [9.17, 15) is 4.79 Å². The molecule has 2 aromatic carbocycles. The van der Waals surface area contributed by atoms with Gasteiger partial charge >= 0.3 is 5.97 Å². The summed E-state index contributed by atoms with van der Waals surface area (Å²) in [5.41, 5.74) is 2.33. The molecule has 0 unspecified atom stereocenters. The third kappa shape index (κ3) is 4.31. The first-order valence-corrected chi connectivity index (χ1v) is 6.83. The fourth-order valence-corrected chi connectivity index (χ4v) is 1.87. The number of benzene rings is 2. The maximum Gasteiger partial charge on any atom is 0.332 e. The quantitative estimate of drug-likeness (QED) is 0.480. The van der Waals surface area contributed by atoms with Crippen LogP contribution in [0.3, 0.4) is 0 Å². The second-order valence-corrected chi connectivity index (χ2v) is 4.50. The molecule has 4 nitrogen and oxygen atoms in total. The number of rotatable bonds is 5. The molecule has 0 aliphatic heterocycles. The molecule has 22 heavy (non-hydrogen) atoms. The van der Waals surface area contributed by atoms with E-state index < -0.39 is 5.97 Å². The minimum atomic E-state index is -0.459. The lowest BCUT2D eigenvalue weighted by Gasteiger charge is -2.04. The number of para-hydroxylation sites is 1. The molecule has 0 fully saturated rings. The van der Waals surface area contributed by atoms with Gasteiger partial charge in [0, 0.05) is 18.1 Å². The Kier molecular flexibility index (Phi) is 5.49. The molecule has 0 atom stereocenters. The van der Waals surface area contributed by atoms with E-state index >= 15 is 0 Å². The molecule has 0 saturated heterocycles. The zero-order valence-corrected chi connectivity index (χ0v) is 12.5. The van der Waals surface area contributed by atoms with Crippen LogP contribution < -0.4 is 4.74 Å². The van der Waals surface area contributed by atoms with Crippen LogP contribution in [-0.2, 0) is 9.63 Å². The third-order valence-electron chi connectivity index (χ3n) is 2.90. The van der Waals surface area contributed by atoms with Crippen molar-refractivity contribution in [1.29, 1.82) is 0 Å². The first kappa shape index (κ1) is 15.5. The highest BCUT2D eigenvalue weighted by atomic mass is 16.7. The average Bonchev–Trinajstić information content (AvgIpc) is 2.55. The topological polar surface area (TPSA) is 47.9 Å². The first-order valence-electron chi connectivity index (χ1n) is 6.83. The number of hydrogen-bond donors (Lipinski definition) is 0. The summed E-state index contributed by atoms with van der Waals surface area (Å²) in [4.78, 5) is 15.8. The summed E-state index contributed by atoms with van der Waals surface area (Å²) in [5, 5.41) is 3.90. The van der Waals surface area contributed by atoms with Crippen molar-refractivity contribution in [2.75, 3.05) is 7.11 Å². The number of oxime groups is 1. The Morgan fingerprint density at radius 3 is 2.41 bits per heavy atom. The number of hydrogen-bond acceptors (Lipinski definition) is 4. The Labute approximate surface area is 129 Å². The van der Waals surface area contributed by atoms with E-state index in [0.717, 1.165) is 16.9 Å². The molecule has 0 radical (unpaired) electrons. The van der Waals surface area contributed by atoms with Gasteiger partial charge < -0.3 is 9.57 Å². The van der Waals surface area contributed by atoms with Crippen molar-refractivity contribution in [2.24, 2.45) is 5.16 Å². The van der Waals surface area contributed by atoms with Crippen molar-refractivity contribution < 1.29 is 14.4 Å². The minimum Gasteiger partial charge on any atom is -0.496 e. The van der Waals surface area contributed by atoms with E-state index in [4.69, 9.17) is 9.57 Å². The molecule has 0 aliphatic carbocycles. The van der Waals surface area contributed by atoms with Crippen LogP contribution >= 0.6 is 0 Å². The molecule has 0 amide bonds. The van der Waals surface area contributed by atoms with Crippen LogP contribution in [0.5, 0.6) is 5.75 Å². The van der Waals surface area contributed by atoms with Crippen LogP contribution in [0.25, 0.3) is 6.08 Å². The Bertz CT molecular complexity index is 690. The number of nitrogens with zero attached hydrogens (tertiary/aromatic N) is 1. The number of ether oxygens (including phenoxy) is 1. The Morgan fingerprint density at radius 2 is 1.73 bits per heavy atom. The summed E-state index contributed by atoms with van der Waals surface area (Å²) in [7, 11) is 1.62. The smallest absolute Gasteiger partial charge is 0.332 e. The number of methoxy groups -OCH3 is 1. The maximum atomic E-state index is 11.0. The van der Waals surface area contributed by atoms with Gasteiger partial charge in [0.05, 0.1) is 7.11 Å². The minimum absolute atomic E-state index is 0.459. The number of carbonyl (C=O) groups is 1. The van der Waals surface area contributed by atoms with E-state index in [1.807, 2.05) is 60.7 Å². The van der Waals surface area contributed by atoms with Gasteiger partial charge in [0.2, 0.25) is 0 Å². The lowest BCUT2D eigenvalue weighted by atomic mass is 10.1. The van der Waals surface area contributed by atoms with Crippen molar-refractivity contribution in [3.05, 3.63) is 71.8 Å². The van der Waals surface area contributed by atoms with Gasteiger partial charge in [0.25, 0.3) is 0 Å². The summed E-state index contributed by atoms with van der Waals surface area (Å²) >= 11 is 0. The Morgan fingerprint density at radius 1 is 1.05 bits per heavy atom. The third-order valence-corrected chi connectivity index (χ3v) is 2.90. The van der Waals surface area contributed by atoms with E-state index in [0.29, 0.717) is 5.71 Å². The lowest BCUT2D eigenvalue weighted by molar-refractivity contribution is -0.140. The molecule has 2 aromatic rings. The second kappa shape index (κ2) is 7.78. The van der Waals surface area contributed by atoms with Gasteiger partial charge in [-0.25, -0.2) is 4.79 Å². The predicted molar refractivity (Wildman–Crippen MR) is 86.8 cm³/mol. The highest BCUT2D eigenvalue weighted by Crippen LogP contribution is 2.19. The van der Waals surface area contributed by atoms with Crippen molar-refractivity contribution in [2.45, 2.75) is 6.92 Å². The van der Waals surface area contributed by atoms with Crippen LogP contribution in [0, 0.1) is 0 Å². The molecular formula is C18H17NO3. The highest BCUT2D eigenvalue weighted by molar-refractivity contribution is 6.10. The predicted octanol–water partition coefficient (Wildman–Crippen LogP) is 3.68. The molecule has 0 aliphatic rings. The van der Waals surface area contributed by atoms with Crippen molar-refractivity contribution in [3.8, 4) is 5.75 Å². The van der Waals surface area contributed by atoms with Crippen molar-refractivity contribution in [3.63, 3.8) is 0 Å². The Hall–Kier alpha value is -2.88. The zero-order valence-electron chi connectivity index (χ0n) is 12.5. The molecule has 2 rings (SSSR count). The van der Waals surface area contributed by atoms with E-state index in [-0.39, 0.29) is 0 Å². The average molecular weight is 295 g/mol. The monoisotopic (exact) mass is 295 g/mol. The van der Waals surface area contributed by atoms with Gasteiger partial charge in [-0.3, -0.25) is 0 Å². The molecule has 0 spiro atoms.